The number of benzene rings is 1. The summed E-state index contributed by atoms with van der Waals surface area (Å²) in [6, 6.07) is 5.77. The van der Waals surface area contributed by atoms with Crippen LogP contribution in [0.4, 0.5) is 5.69 Å². The fourth-order valence-electron chi connectivity index (χ4n) is 1.51. The molecular formula is C12H9NO5S. The number of hydrogen-bond donors (Lipinski definition) is 1. The van der Waals surface area contributed by atoms with Crippen molar-refractivity contribution in [2.75, 3.05) is 0 Å². The van der Waals surface area contributed by atoms with E-state index in [1.807, 2.05) is 0 Å². The molecule has 0 atom stereocenters. The summed E-state index contributed by atoms with van der Waals surface area (Å²) in [5.41, 5.74) is -0.739. The van der Waals surface area contributed by atoms with E-state index in [1.165, 1.54) is 36.2 Å². The fraction of sp³-hybridized carbons (Fsp3) is 0.0833. The highest BCUT2D eigenvalue weighted by Crippen LogP contribution is 2.33. The van der Waals surface area contributed by atoms with Crippen LogP contribution < -0.4 is 0 Å². The van der Waals surface area contributed by atoms with Crippen molar-refractivity contribution in [3.8, 4) is 0 Å². The second-order valence-electron chi connectivity index (χ2n) is 3.68. The van der Waals surface area contributed by atoms with Gasteiger partial charge in [0.05, 0.1) is 16.1 Å². The highest BCUT2D eigenvalue weighted by Gasteiger charge is 2.20. The third-order valence-corrected chi connectivity index (χ3v) is 3.57. The lowest BCUT2D eigenvalue weighted by Crippen LogP contribution is -2.02. The minimum Gasteiger partial charge on any atom is -0.477 e. The molecule has 98 valence electrons. The average Bonchev–Trinajstić information content (AvgIpc) is 2.74. The normalized spacial score (nSPS) is 10.4. The summed E-state index contributed by atoms with van der Waals surface area (Å²) in [6.45, 7) is 1.78. The molecule has 0 unspecified atom stereocenters. The van der Waals surface area contributed by atoms with Gasteiger partial charge in [-0.15, -0.1) is 0 Å². The monoisotopic (exact) mass is 279 g/mol. The molecule has 0 saturated heterocycles. The molecule has 7 heteroatoms. The van der Waals surface area contributed by atoms with Crippen LogP contribution in [0.15, 0.2) is 44.7 Å². The van der Waals surface area contributed by atoms with E-state index >= 15 is 0 Å². The van der Waals surface area contributed by atoms with Crippen molar-refractivity contribution < 1.29 is 19.2 Å². The number of carboxylic acid groups (broad SMARTS) is 1. The zero-order valence-electron chi connectivity index (χ0n) is 9.82. The van der Waals surface area contributed by atoms with Crippen LogP contribution in [-0.2, 0) is 0 Å². The van der Waals surface area contributed by atoms with Gasteiger partial charge >= 0.3 is 5.97 Å². The molecule has 1 N–H and O–H groups in total. The number of nitro benzene ring substituents is 1. The molecule has 1 heterocycles. The number of rotatable bonds is 4. The number of carboxylic acids is 1. The summed E-state index contributed by atoms with van der Waals surface area (Å²) in [6.07, 6.45) is 1.53. The minimum absolute atomic E-state index is 0.321. The van der Waals surface area contributed by atoms with E-state index in [9.17, 15) is 14.9 Å². The smallest absolute Gasteiger partial charge is 0.342 e. The van der Waals surface area contributed by atoms with Crippen LogP contribution in [0.2, 0.25) is 0 Å². The lowest BCUT2D eigenvalue weighted by atomic mass is 10.2. The molecule has 0 aliphatic heterocycles. The van der Waals surface area contributed by atoms with E-state index < -0.39 is 16.6 Å². The van der Waals surface area contributed by atoms with Crippen LogP contribution in [0.25, 0.3) is 0 Å². The SMILES string of the molecule is Cc1occc1Sc1ccc(C(=O)O)c([N+](=O)[O-])c1. The number of nitro groups is 1. The van der Waals surface area contributed by atoms with Gasteiger partial charge in [0.15, 0.2) is 0 Å². The van der Waals surface area contributed by atoms with Gasteiger partial charge in [-0.05, 0) is 25.1 Å². The van der Waals surface area contributed by atoms with E-state index in [0.29, 0.717) is 10.7 Å². The summed E-state index contributed by atoms with van der Waals surface area (Å²) in [7, 11) is 0. The molecule has 1 aromatic heterocycles. The van der Waals surface area contributed by atoms with Crippen molar-refractivity contribution in [3.05, 3.63) is 52.0 Å². The number of nitrogens with zero attached hydrogens (tertiary/aromatic N) is 1. The second-order valence-corrected chi connectivity index (χ2v) is 4.80. The quantitative estimate of drug-likeness (QED) is 0.681. The Balaban J connectivity index is 2.39. The maximum Gasteiger partial charge on any atom is 0.342 e. The maximum absolute atomic E-state index is 10.9. The molecule has 0 aliphatic rings. The first-order valence-electron chi connectivity index (χ1n) is 5.22. The number of aromatic carboxylic acids is 1. The van der Waals surface area contributed by atoms with Crippen LogP contribution in [0.5, 0.6) is 0 Å². The first-order valence-corrected chi connectivity index (χ1v) is 6.04. The van der Waals surface area contributed by atoms with Crippen LogP contribution in [0, 0.1) is 17.0 Å². The van der Waals surface area contributed by atoms with Gasteiger partial charge in [-0.2, -0.15) is 0 Å². The maximum atomic E-state index is 10.9. The molecule has 0 fully saturated rings. The highest BCUT2D eigenvalue weighted by atomic mass is 32.2. The van der Waals surface area contributed by atoms with Gasteiger partial charge in [0.1, 0.15) is 11.3 Å². The Morgan fingerprint density at radius 2 is 2.16 bits per heavy atom. The van der Waals surface area contributed by atoms with Gasteiger partial charge < -0.3 is 9.52 Å². The molecule has 6 nitrogen and oxygen atoms in total. The molecule has 0 bridgehead atoms. The number of carbonyl (C=O) groups is 1. The van der Waals surface area contributed by atoms with Gasteiger partial charge in [0.2, 0.25) is 0 Å². The Kier molecular flexibility index (Phi) is 3.57. The highest BCUT2D eigenvalue weighted by molar-refractivity contribution is 7.99. The lowest BCUT2D eigenvalue weighted by molar-refractivity contribution is -0.385. The van der Waals surface area contributed by atoms with Crippen LogP contribution in [0.1, 0.15) is 16.1 Å². The Bertz CT molecular complexity index is 649. The Hall–Kier alpha value is -2.28. The van der Waals surface area contributed by atoms with E-state index in [0.717, 1.165) is 4.90 Å². The topological polar surface area (TPSA) is 93.6 Å². The number of hydrogen-bond acceptors (Lipinski definition) is 5. The van der Waals surface area contributed by atoms with Gasteiger partial charge in [-0.1, -0.05) is 11.8 Å². The molecule has 0 aliphatic carbocycles. The Labute approximate surface area is 112 Å². The number of furan rings is 1. The molecular weight excluding hydrogens is 270 g/mol. The summed E-state index contributed by atoms with van der Waals surface area (Å²) in [5.74, 6) is -0.613. The number of aryl methyl sites for hydroxylation is 1. The van der Waals surface area contributed by atoms with Crippen molar-refractivity contribution in [1.29, 1.82) is 0 Å². The third kappa shape index (κ3) is 2.76. The van der Waals surface area contributed by atoms with Crippen LogP contribution >= 0.6 is 11.8 Å². The van der Waals surface area contributed by atoms with Crippen molar-refractivity contribution in [2.24, 2.45) is 0 Å². The van der Waals surface area contributed by atoms with Crippen molar-refractivity contribution >= 4 is 23.4 Å². The molecule has 1 aromatic carbocycles. The fourth-order valence-corrected chi connectivity index (χ4v) is 2.39. The predicted molar refractivity (Wildman–Crippen MR) is 67.6 cm³/mol. The second kappa shape index (κ2) is 5.15. The summed E-state index contributed by atoms with van der Waals surface area (Å²) in [4.78, 5) is 22.5. The molecule has 0 amide bonds. The first kappa shape index (κ1) is 13.2. The zero-order chi connectivity index (χ0) is 14.0. The van der Waals surface area contributed by atoms with Gasteiger partial charge in [0.25, 0.3) is 5.69 Å². The standard InChI is InChI=1S/C12H9NO5S/c1-7-11(4-5-18-7)19-8-2-3-9(12(14)15)10(6-8)13(16)17/h2-6H,1H3,(H,14,15). The first-order chi connectivity index (χ1) is 8.99. The largest absolute Gasteiger partial charge is 0.477 e. The van der Waals surface area contributed by atoms with Crippen LogP contribution in [-0.4, -0.2) is 16.0 Å². The van der Waals surface area contributed by atoms with Crippen molar-refractivity contribution in [1.82, 2.24) is 0 Å². The molecule has 2 aromatic rings. The summed E-state index contributed by atoms with van der Waals surface area (Å²) >= 11 is 1.28. The third-order valence-electron chi connectivity index (χ3n) is 2.44. The Morgan fingerprint density at radius 1 is 1.42 bits per heavy atom. The van der Waals surface area contributed by atoms with Crippen molar-refractivity contribution in [2.45, 2.75) is 16.7 Å². The predicted octanol–water partition coefficient (Wildman–Crippen LogP) is 3.35. The zero-order valence-corrected chi connectivity index (χ0v) is 10.6. The van der Waals surface area contributed by atoms with Crippen molar-refractivity contribution in [3.63, 3.8) is 0 Å². The molecule has 19 heavy (non-hydrogen) atoms. The summed E-state index contributed by atoms with van der Waals surface area (Å²) in [5, 5.41) is 19.7. The average molecular weight is 279 g/mol. The van der Waals surface area contributed by atoms with E-state index in [-0.39, 0.29) is 5.56 Å². The molecule has 0 spiro atoms. The van der Waals surface area contributed by atoms with Gasteiger partial charge in [-0.3, -0.25) is 10.1 Å². The molecule has 0 saturated carbocycles. The summed E-state index contributed by atoms with van der Waals surface area (Å²) < 4.78 is 5.13. The van der Waals surface area contributed by atoms with Gasteiger partial charge in [0, 0.05) is 11.0 Å². The van der Waals surface area contributed by atoms with E-state index in [2.05, 4.69) is 0 Å². The van der Waals surface area contributed by atoms with Gasteiger partial charge in [-0.25, -0.2) is 4.79 Å². The molecule has 2 rings (SSSR count). The lowest BCUT2D eigenvalue weighted by Gasteiger charge is -2.02. The molecule has 0 radical (unpaired) electrons. The van der Waals surface area contributed by atoms with Crippen LogP contribution in [0.3, 0.4) is 0 Å². The minimum atomic E-state index is -1.32. The van der Waals surface area contributed by atoms with E-state index in [1.54, 1.807) is 13.0 Å². The Morgan fingerprint density at radius 3 is 2.68 bits per heavy atom. The van der Waals surface area contributed by atoms with E-state index in [4.69, 9.17) is 9.52 Å².